The van der Waals surface area contributed by atoms with E-state index in [1.807, 2.05) is 37.3 Å². The molecule has 2 saturated heterocycles. The number of benzene rings is 1. The molecule has 2 N–H and O–H groups in total. The van der Waals surface area contributed by atoms with Crippen molar-refractivity contribution in [1.82, 2.24) is 14.5 Å². The van der Waals surface area contributed by atoms with Crippen molar-refractivity contribution in [3.05, 3.63) is 41.3 Å². The van der Waals surface area contributed by atoms with Gasteiger partial charge in [0.1, 0.15) is 5.54 Å². The first-order chi connectivity index (χ1) is 13.8. The first-order valence-corrected chi connectivity index (χ1v) is 11.5. The SMILES string of the molecule is C[C@]1(C2CC2)NC(=O)N(C[NH+]2CCN(S(=O)(=O)/C=C/c3ccccc3)CC2)C1=O. The largest absolute Gasteiger partial charge is 0.329 e. The number of urea groups is 1. The van der Waals surface area contributed by atoms with Crippen LogP contribution < -0.4 is 10.2 Å². The molecule has 1 atom stereocenters. The molecular weight excluding hydrogens is 392 g/mol. The van der Waals surface area contributed by atoms with Crippen molar-refractivity contribution in [2.75, 3.05) is 32.8 Å². The number of hydrogen-bond acceptors (Lipinski definition) is 4. The molecule has 0 spiro atoms. The van der Waals surface area contributed by atoms with Crippen LogP contribution in [0, 0.1) is 5.92 Å². The van der Waals surface area contributed by atoms with Gasteiger partial charge in [0.2, 0.25) is 10.0 Å². The van der Waals surface area contributed by atoms with Crippen LogP contribution in [0.3, 0.4) is 0 Å². The van der Waals surface area contributed by atoms with Gasteiger partial charge in [-0.1, -0.05) is 30.3 Å². The number of rotatable bonds is 6. The molecular formula is C20H27N4O4S+. The van der Waals surface area contributed by atoms with Crippen LogP contribution in [0.2, 0.25) is 0 Å². The van der Waals surface area contributed by atoms with Gasteiger partial charge in [0, 0.05) is 5.41 Å². The molecule has 9 heteroatoms. The van der Waals surface area contributed by atoms with Crippen LogP contribution in [0.15, 0.2) is 35.7 Å². The fourth-order valence-corrected chi connectivity index (χ4v) is 5.24. The fourth-order valence-electron chi connectivity index (χ4n) is 4.05. The van der Waals surface area contributed by atoms with Crippen LogP contribution in [0.1, 0.15) is 25.3 Å². The molecule has 3 amide bonds. The van der Waals surface area contributed by atoms with Crippen LogP contribution in [0.4, 0.5) is 4.79 Å². The van der Waals surface area contributed by atoms with Crippen molar-refractivity contribution >= 4 is 28.0 Å². The van der Waals surface area contributed by atoms with Crippen molar-refractivity contribution in [1.29, 1.82) is 0 Å². The lowest BCUT2D eigenvalue weighted by Crippen LogP contribution is -3.16. The quantitative estimate of drug-likeness (QED) is 0.629. The van der Waals surface area contributed by atoms with E-state index < -0.39 is 15.6 Å². The third kappa shape index (κ3) is 4.08. The normalized spacial score (nSPS) is 27.0. The zero-order chi connectivity index (χ0) is 20.6. The third-order valence-corrected chi connectivity index (χ3v) is 7.66. The lowest BCUT2D eigenvalue weighted by atomic mass is 9.96. The van der Waals surface area contributed by atoms with E-state index >= 15 is 0 Å². The molecule has 3 aliphatic rings. The molecule has 3 fully saturated rings. The molecule has 29 heavy (non-hydrogen) atoms. The zero-order valence-corrected chi connectivity index (χ0v) is 17.3. The number of hydrogen-bond donors (Lipinski definition) is 2. The zero-order valence-electron chi connectivity index (χ0n) is 16.5. The monoisotopic (exact) mass is 419 g/mol. The molecule has 156 valence electrons. The lowest BCUT2D eigenvalue weighted by molar-refractivity contribution is -0.910. The predicted octanol–water partition coefficient (Wildman–Crippen LogP) is -0.134. The summed E-state index contributed by atoms with van der Waals surface area (Å²) in [5, 5.41) is 4.10. The summed E-state index contributed by atoms with van der Waals surface area (Å²) in [6, 6.07) is 8.96. The van der Waals surface area contributed by atoms with E-state index in [-0.39, 0.29) is 24.5 Å². The second-order valence-electron chi connectivity index (χ2n) is 8.21. The number of imide groups is 1. The summed E-state index contributed by atoms with van der Waals surface area (Å²) in [7, 11) is -3.50. The molecule has 1 aromatic rings. The molecule has 4 rings (SSSR count). The van der Waals surface area contributed by atoms with Gasteiger partial charge in [-0.2, -0.15) is 4.31 Å². The molecule has 1 saturated carbocycles. The lowest BCUT2D eigenvalue weighted by Gasteiger charge is -2.32. The summed E-state index contributed by atoms with van der Waals surface area (Å²) in [4.78, 5) is 27.4. The Hall–Kier alpha value is -2.23. The van der Waals surface area contributed by atoms with Gasteiger partial charge in [0.25, 0.3) is 5.91 Å². The Bertz CT molecular complexity index is 921. The van der Waals surface area contributed by atoms with Crippen molar-refractivity contribution in [2.24, 2.45) is 5.92 Å². The van der Waals surface area contributed by atoms with Gasteiger partial charge in [0.15, 0.2) is 6.67 Å². The first-order valence-electron chi connectivity index (χ1n) is 10.0. The maximum Gasteiger partial charge on any atom is 0.329 e. The summed E-state index contributed by atoms with van der Waals surface area (Å²) in [6.07, 6.45) is 3.53. The summed E-state index contributed by atoms with van der Waals surface area (Å²) in [5.41, 5.74) is 0.0572. The topological polar surface area (TPSA) is 91.2 Å². The minimum atomic E-state index is -3.50. The molecule has 0 aromatic heterocycles. The summed E-state index contributed by atoms with van der Waals surface area (Å²) < 4.78 is 26.6. The van der Waals surface area contributed by atoms with Crippen LogP contribution >= 0.6 is 0 Å². The number of nitrogens with one attached hydrogen (secondary N) is 2. The number of piperazine rings is 1. The molecule has 1 aliphatic carbocycles. The van der Waals surface area contributed by atoms with E-state index in [4.69, 9.17) is 0 Å². The molecule has 1 aromatic carbocycles. The van der Waals surface area contributed by atoms with E-state index in [9.17, 15) is 18.0 Å². The van der Waals surface area contributed by atoms with Gasteiger partial charge in [-0.15, -0.1) is 0 Å². The van der Waals surface area contributed by atoms with Crippen molar-refractivity contribution in [3.63, 3.8) is 0 Å². The van der Waals surface area contributed by atoms with Crippen molar-refractivity contribution < 1.29 is 22.9 Å². The Morgan fingerprint density at radius 3 is 2.45 bits per heavy atom. The predicted molar refractivity (Wildman–Crippen MR) is 108 cm³/mol. The Morgan fingerprint density at radius 2 is 1.83 bits per heavy atom. The van der Waals surface area contributed by atoms with Crippen LogP contribution in [0.25, 0.3) is 6.08 Å². The highest BCUT2D eigenvalue weighted by Crippen LogP contribution is 2.42. The maximum atomic E-state index is 12.8. The van der Waals surface area contributed by atoms with Gasteiger partial charge >= 0.3 is 6.03 Å². The van der Waals surface area contributed by atoms with Crippen LogP contribution in [0.5, 0.6) is 0 Å². The van der Waals surface area contributed by atoms with E-state index in [2.05, 4.69) is 5.32 Å². The van der Waals surface area contributed by atoms with Crippen molar-refractivity contribution in [3.8, 4) is 0 Å². The van der Waals surface area contributed by atoms with E-state index in [1.54, 1.807) is 6.08 Å². The Morgan fingerprint density at radius 1 is 1.17 bits per heavy atom. The number of carbonyl (C=O) groups excluding carboxylic acids is 2. The molecule has 0 unspecified atom stereocenters. The van der Waals surface area contributed by atoms with Gasteiger partial charge in [-0.05, 0) is 37.3 Å². The maximum absolute atomic E-state index is 12.8. The highest BCUT2D eigenvalue weighted by molar-refractivity contribution is 7.92. The number of amides is 3. The van der Waals surface area contributed by atoms with Crippen LogP contribution in [-0.2, 0) is 14.8 Å². The number of quaternary nitrogens is 1. The van der Waals surface area contributed by atoms with E-state index in [0.717, 1.165) is 23.3 Å². The number of sulfonamides is 1. The van der Waals surface area contributed by atoms with Crippen LogP contribution in [-0.4, -0.2) is 67.9 Å². The minimum absolute atomic E-state index is 0.154. The minimum Gasteiger partial charge on any atom is -0.323 e. The fraction of sp³-hybridized carbons (Fsp3) is 0.500. The van der Waals surface area contributed by atoms with Gasteiger partial charge in [-0.25, -0.2) is 18.1 Å². The first kappa shape index (κ1) is 20.1. The highest BCUT2D eigenvalue weighted by Gasteiger charge is 2.56. The average Bonchev–Trinajstić information content (AvgIpc) is 3.54. The second-order valence-corrected chi connectivity index (χ2v) is 10.0. The second kappa shape index (κ2) is 7.55. The molecule has 8 nitrogen and oxygen atoms in total. The highest BCUT2D eigenvalue weighted by atomic mass is 32.2. The average molecular weight is 420 g/mol. The molecule has 0 radical (unpaired) electrons. The Labute approximate surface area is 171 Å². The van der Waals surface area contributed by atoms with Gasteiger partial charge in [-0.3, -0.25) is 4.79 Å². The Balaban J connectivity index is 1.33. The summed E-state index contributed by atoms with van der Waals surface area (Å²) >= 11 is 0. The Kier molecular flexibility index (Phi) is 5.22. The van der Waals surface area contributed by atoms with E-state index in [1.165, 1.54) is 14.6 Å². The number of nitrogens with zero attached hydrogens (tertiary/aromatic N) is 2. The van der Waals surface area contributed by atoms with Gasteiger partial charge < -0.3 is 10.2 Å². The third-order valence-electron chi connectivity index (χ3n) is 6.10. The number of carbonyl (C=O) groups is 2. The summed E-state index contributed by atoms with van der Waals surface area (Å²) in [5.74, 6) is 0.0793. The molecule has 2 aliphatic heterocycles. The van der Waals surface area contributed by atoms with Gasteiger partial charge in [0.05, 0.1) is 26.2 Å². The van der Waals surface area contributed by atoms with Crippen molar-refractivity contribution in [2.45, 2.75) is 25.3 Å². The molecule has 0 bridgehead atoms. The summed E-state index contributed by atoms with van der Waals surface area (Å²) in [6.45, 7) is 3.91. The standard InChI is InChI=1S/C20H26N4O4S/c1-20(17-7-8-17)18(25)24(19(26)21-20)15-22-10-12-23(13-11-22)29(27,28)14-9-16-5-3-2-4-6-16/h2-6,9,14,17H,7-8,10-13,15H2,1H3,(H,21,26)/p+1/b14-9+/t20-/m1/s1. The smallest absolute Gasteiger partial charge is 0.323 e. The molecule has 2 heterocycles. The van der Waals surface area contributed by atoms with E-state index in [0.29, 0.717) is 26.2 Å².